The van der Waals surface area contributed by atoms with E-state index in [1.165, 1.54) is 12.7 Å². The zero-order chi connectivity index (χ0) is 21.7. The molecule has 0 aliphatic carbocycles. The molecule has 0 spiro atoms. The van der Waals surface area contributed by atoms with E-state index in [-0.39, 0.29) is 29.6 Å². The molecule has 0 radical (unpaired) electrons. The highest BCUT2D eigenvalue weighted by Crippen LogP contribution is 2.38. The summed E-state index contributed by atoms with van der Waals surface area (Å²) in [6, 6.07) is 4.22. The first-order valence-corrected chi connectivity index (χ1v) is 12.7. The number of carbonyl (C=O) groups is 2. The average molecular weight is 405 g/mol. The van der Waals surface area contributed by atoms with E-state index in [4.69, 9.17) is 9.16 Å². The van der Waals surface area contributed by atoms with Crippen LogP contribution in [0.25, 0.3) is 6.08 Å². The second-order valence-corrected chi connectivity index (χ2v) is 13.9. The number of allylic oxidation sites excluding steroid dienone is 1. The lowest BCUT2D eigenvalue weighted by Crippen LogP contribution is -2.44. The fourth-order valence-corrected chi connectivity index (χ4v) is 4.29. The molecule has 0 saturated heterocycles. The van der Waals surface area contributed by atoms with E-state index in [2.05, 4.69) is 52.9 Å². The minimum absolute atomic E-state index is 0.00359. The smallest absolute Gasteiger partial charge is 0.308 e. The van der Waals surface area contributed by atoms with Gasteiger partial charge >= 0.3 is 5.97 Å². The van der Waals surface area contributed by atoms with Gasteiger partial charge in [0.05, 0.1) is 19.6 Å². The number of ketones is 1. The summed E-state index contributed by atoms with van der Waals surface area (Å²) in [7, 11) is -0.752. The molecule has 1 rings (SSSR count). The van der Waals surface area contributed by atoms with E-state index >= 15 is 0 Å². The molecule has 4 nitrogen and oxygen atoms in total. The number of carbonyl (C=O) groups excluding carboxylic acids is 2. The molecule has 0 amide bonds. The normalized spacial score (nSPS) is 13.6. The molecule has 0 N–H and O–H groups in total. The Morgan fingerprint density at radius 2 is 1.61 bits per heavy atom. The lowest BCUT2D eigenvalue weighted by Gasteiger charge is -2.39. The van der Waals surface area contributed by atoms with Gasteiger partial charge in [-0.25, -0.2) is 0 Å². The first kappa shape index (κ1) is 24.3. The van der Waals surface area contributed by atoms with Gasteiger partial charge in [0.2, 0.25) is 0 Å². The maximum atomic E-state index is 12.6. The van der Waals surface area contributed by atoms with Crippen LogP contribution in [0.3, 0.4) is 0 Å². The minimum atomic E-state index is -2.11. The predicted octanol–water partition coefficient (Wildman–Crippen LogP) is 5.54. The van der Waals surface area contributed by atoms with E-state index in [9.17, 15) is 9.59 Å². The number of rotatable bonds is 8. The Balaban J connectivity index is 2.96. The van der Waals surface area contributed by atoms with Crippen molar-refractivity contribution in [3.8, 4) is 0 Å². The molecule has 0 fully saturated rings. The van der Waals surface area contributed by atoms with Crippen LogP contribution in [-0.2, 0) is 18.8 Å². The lowest BCUT2D eigenvalue weighted by atomic mass is 9.99. The van der Waals surface area contributed by atoms with E-state index in [1.807, 2.05) is 19.9 Å². The molecule has 1 aromatic rings. The summed E-state index contributed by atoms with van der Waals surface area (Å²) < 4.78 is 11.1. The summed E-state index contributed by atoms with van der Waals surface area (Å²) in [5.41, 5.74) is 4.56. The van der Waals surface area contributed by atoms with Gasteiger partial charge in [0.25, 0.3) is 0 Å². The minimum Gasteiger partial charge on any atom is -0.469 e. The number of methoxy groups -OCH3 is 1. The van der Waals surface area contributed by atoms with Crippen molar-refractivity contribution in [1.82, 2.24) is 0 Å². The van der Waals surface area contributed by atoms with Crippen molar-refractivity contribution < 1.29 is 18.8 Å². The zero-order valence-electron chi connectivity index (χ0n) is 18.9. The Kier molecular flexibility index (Phi) is 8.39. The number of aryl methyl sites for hydroxylation is 3. The largest absolute Gasteiger partial charge is 0.469 e. The van der Waals surface area contributed by atoms with Crippen molar-refractivity contribution in [3.05, 3.63) is 40.5 Å². The Bertz CT molecular complexity index is 718. The third kappa shape index (κ3) is 7.02. The summed E-state index contributed by atoms with van der Waals surface area (Å²) in [5.74, 6) is -0.405. The topological polar surface area (TPSA) is 52.6 Å². The number of ether oxygens (including phenoxy) is 1. The molecule has 156 valence electrons. The molecule has 1 atom stereocenters. The molecule has 0 bridgehead atoms. The Morgan fingerprint density at radius 1 is 1.07 bits per heavy atom. The highest BCUT2D eigenvalue weighted by molar-refractivity contribution is 6.74. The zero-order valence-corrected chi connectivity index (χ0v) is 19.9. The molecule has 0 heterocycles. The monoisotopic (exact) mass is 404 g/mol. The van der Waals surface area contributed by atoms with Crippen LogP contribution in [0, 0.1) is 20.8 Å². The number of hydrogen-bond acceptors (Lipinski definition) is 4. The Morgan fingerprint density at radius 3 is 2.07 bits per heavy atom. The van der Waals surface area contributed by atoms with Crippen molar-refractivity contribution in [2.45, 2.75) is 78.6 Å². The van der Waals surface area contributed by atoms with E-state index in [0.717, 1.165) is 16.7 Å². The average Bonchev–Trinajstić information content (AvgIpc) is 2.51. The van der Waals surface area contributed by atoms with Gasteiger partial charge in [-0.15, -0.1) is 0 Å². The predicted molar refractivity (Wildman–Crippen MR) is 118 cm³/mol. The van der Waals surface area contributed by atoms with Gasteiger partial charge in [-0.05, 0) is 61.7 Å². The molecule has 0 aliphatic rings. The summed E-state index contributed by atoms with van der Waals surface area (Å²) in [4.78, 5) is 24.4. The summed E-state index contributed by atoms with van der Waals surface area (Å²) >= 11 is 0. The summed E-state index contributed by atoms with van der Waals surface area (Å²) in [6.07, 6.45) is 3.26. The number of benzene rings is 1. The SMILES string of the molecule is COC(=O)C[C@@H](CC(=O)/C=C/c1c(C)cc(C)cc1C)O[Si](C)(C)C(C)(C)C. The van der Waals surface area contributed by atoms with Crippen molar-refractivity contribution in [2.75, 3.05) is 7.11 Å². The van der Waals surface area contributed by atoms with Crippen LogP contribution in [0.4, 0.5) is 0 Å². The van der Waals surface area contributed by atoms with Gasteiger partial charge in [-0.3, -0.25) is 9.59 Å². The van der Waals surface area contributed by atoms with Crippen LogP contribution in [0.1, 0.15) is 55.9 Å². The van der Waals surface area contributed by atoms with Crippen LogP contribution in [0.2, 0.25) is 18.1 Å². The Labute approximate surface area is 171 Å². The first-order chi connectivity index (χ1) is 12.8. The second-order valence-electron chi connectivity index (χ2n) is 9.10. The highest BCUT2D eigenvalue weighted by Gasteiger charge is 2.39. The van der Waals surface area contributed by atoms with Crippen LogP contribution < -0.4 is 0 Å². The molecule has 0 aromatic heterocycles. The molecule has 5 heteroatoms. The maximum absolute atomic E-state index is 12.6. The second kappa shape index (κ2) is 9.66. The van der Waals surface area contributed by atoms with Crippen LogP contribution >= 0.6 is 0 Å². The standard InChI is InChI=1S/C23H36O4Si/c1-16-12-17(2)21(18(3)13-16)11-10-19(24)14-20(15-22(25)26-7)27-28(8,9)23(4,5)6/h10-13,20H,14-15H2,1-9H3/b11-10+/t20-/m1/s1. The van der Waals surface area contributed by atoms with Gasteiger partial charge in [-0.1, -0.05) is 44.5 Å². The fourth-order valence-electron chi connectivity index (χ4n) is 2.94. The van der Waals surface area contributed by atoms with Gasteiger partial charge in [-0.2, -0.15) is 0 Å². The quantitative estimate of drug-likeness (QED) is 0.324. The molecule has 0 unspecified atom stereocenters. The fraction of sp³-hybridized carbons (Fsp3) is 0.565. The molecular weight excluding hydrogens is 368 g/mol. The van der Waals surface area contributed by atoms with Crippen LogP contribution in [0.5, 0.6) is 0 Å². The molecular formula is C23H36O4Si. The third-order valence-corrected chi connectivity index (χ3v) is 10.0. The number of esters is 1. The van der Waals surface area contributed by atoms with Gasteiger partial charge < -0.3 is 9.16 Å². The van der Waals surface area contributed by atoms with E-state index in [0.29, 0.717) is 0 Å². The highest BCUT2D eigenvalue weighted by atomic mass is 28.4. The molecule has 0 saturated carbocycles. The van der Waals surface area contributed by atoms with Crippen molar-refractivity contribution in [1.29, 1.82) is 0 Å². The Hall–Kier alpha value is -1.72. The summed E-state index contributed by atoms with van der Waals surface area (Å²) in [5, 5.41) is -0.00359. The van der Waals surface area contributed by atoms with E-state index in [1.54, 1.807) is 6.08 Å². The van der Waals surface area contributed by atoms with Crippen molar-refractivity contribution >= 4 is 26.1 Å². The summed E-state index contributed by atoms with van der Waals surface area (Å²) in [6.45, 7) is 16.8. The van der Waals surface area contributed by atoms with Gasteiger partial charge in [0.15, 0.2) is 14.1 Å². The first-order valence-electron chi connectivity index (χ1n) is 9.80. The van der Waals surface area contributed by atoms with Crippen molar-refractivity contribution in [3.63, 3.8) is 0 Å². The van der Waals surface area contributed by atoms with E-state index < -0.39 is 14.4 Å². The third-order valence-electron chi connectivity index (χ3n) is 5.49. The van der Waals surface area contributed by atoms with Gasteiger partial charge in [0, 0.05) is 6.42 Å². The number of hydrogen-bond donors (Lipinski definition) is 0. The van der Waals surface area contributed by atoms with Crippen LogP contribution in [0.15, 0.2) is 18.2 Å². The molecule has 1 aromatic carbocycles. The lowest BCUT2D eigenvalue weighted by molar-refractivity contribution is -0.142. The maximum Gasteiger partial charge on any atom is 0.308 e. The molecule has 28 heavy (non-hydrogen) atoms. The van der Waals surface area contributed by atoms with Crippen molar-refractivity contribution in [2.24, 2.45) is 0 Å². The van der Waals surface area contributed by atoms with Gasteiger partial charge in [0.1, 0.15) is 0 Å². The van der Waals surface area contributed by atoms with Crippen LogP contribution in [-0.4, -0.2) is 33.3 Å². The molecule has 0 aliphatic heterocycles.